The number of para-hydroxylation sites is 1. The molecule has 3 aromatic rings. The van der Waals surface area contributed by atoms with E-state index in [0.717, 1.165) is 17.9 Å². The van der Waals surface area contributed by atoms with Gasteiger partial charge in [-0.15, -0.1) is 0 Å². The van der Waals surface area contributed by atoms with E-state index in [4.69, 9.17) is 4.74 Å². The van der Waals surface area contributed by atoms with Gasteiger partial charge in [-0.2, -0.15) is 0 Å². The number of nitrogens with zero attached hydrogens (tertiary/aromatic N) is 1. The van der Waals surface area contributed by atoms with Crippen LogP contribution in [0.3, 0.4) is 0 Å². The molecule has 0 atom stereocenters. The molecule has 1 N–H and O–H groups in total. The number of hydrogen-bond donors (Lipinski definition) is 1. The molecule has 4 rings (SSSR count). The highest BCUT2D eigenvalue weighted by molar-refractivity contribution is 7.92. The van der Waals surface area contributed by atoms with Crippen LogP contribution in [0.15, 0.2) is 83.8 Å². The third kappa shape index (κ3) is 5.92. The monoisotopic (exact) mass is 468 g/mol. The van der Waals surface area contributed by atoms with Gasteiger partial charge in [0.1, 0.15) is 18.0 Å². The topological polar surface area (TPSA) is 58.6 Å². The highest BCUT2D eigenvalue weighted by Crippen LogP contribution is 2.38. The lowest BCUT2D eigenvalue weighted by Gasteiger charge is -2.36. The molecule has 7 heteroatoms. The average molecular weight is 469 g/mol. The molecule has 0 unspecified atom stereocenters. The van der Waals surface area contributed by atoms with Gasteiger partial charge in [0.05, 0.1) is 4.90 Å². The summed E-state index contributed by atoms with van der Waals surface area (Å²) in [7, 11) is -3.73. The first-order valence-electron chi connectivity index (χ1n) is 11.1. The number of likely N-dealkylation sites (tertiary alicyclic amines) is 1. The van der Waals surface area contributed by atoms with Crippen molar-refractivity contribution in [3.8, 4) is 5.75 Å². The quantitative estimate of drug-likeness (QED) is 0.498. The summed E-state index contributed by atoms with van der Waals surface area (Å²) in [5.74, 6) is 0.833. The molecule has 1 saturated heterocycles. The SMILES string of the molecule is Cc1ccc(S(=O)(=O)Nc2cccc(C3(F)CCN(CCOc4ccccc4)CC3)c2)cc1. The molecule has 33 heavy (non-hydrogen) atoms. The Morgan fingerprint density at radius 3 is 2.36 bits per heavy atom. The number of halogens is 1. The van der Waals surface area contributed by atoms with Crippen LogP contribution in [0.1, 0.15) is 24.0 Å². The van der Waals surface area contributed by atoms with E-state index in [2.05, 4.69) is 9.62 Å². The lowest BCUT2D eigenvalue weighted by atomic mass is 9.86. The van der Waals surface area contributed by atoms with Crippen molar-refractivity contribution >= 4 is 15.7 Å². The molecule has 1 aliphatic heterocycles. The summed E-state index contributed by atoms with van der Waals surface area (Å²) in [6.07, 6.45) is 0.707. The fourth-order valence-electron chi connectivity index (χ4n) is 4.02. The number of hydrogen-bond acceptors (Lipinski definition) is 4. The number of anilines is 1. The number of rotatable bonds is 8. The summed E-state index contributed by atoms with van der Waals surface area (Å²) >= 11 is 0. The van der Waals surface area contributed by atoms with Gasteiger partial charge in [-0.05, 0) is 61.7 Å². The van der Waals surface area contributed by atoms with Gasteiger partial charge >= 0.3 is 0 Å². The maximum atomic E-state index is 15.8. The summed E-state index contributed by atoms with van der Waals surface area (Å²) in [6, 6.07) is 23.0. The van der Waals surface area contributed by atoms with Crippen LogP contribution in [0.25, 0.3) is 0 Å². The number of benzene rings is 3. The third-order valence-corrected chi connectivity index (χ3v) is 7.43. The van der Waals surface area contributed by atoms with Gasteiger partial charge in [0.15, 0.2) is 0 Å². The first-order valence-corrected chi connectivity index (χ1v) is 12.6. The fourth-order valence-corrected chi connectivity index (χ4v) is 5.07. The standard InChI is InChI=1S/C26H29FN2O3S/c1-21-10-12-25(13-11-21)33(30,31)28-23-7-5-6-22(20-23)26(27)14-16-29(17-15-26)18-19-32-24-8-3-2-4-9-24/h2-13,20,28H,14-19H2,1H3. The van der Waals surface area contributed by atoms with E-state index in [1.807, 2.05) is 37.3 Å². The summed E-state index contributed by atoms with van der Waals surface area (Å²) in [5, 5.41) is 0. The molecule has 0 aliphatic carbocycles. The van der Waals surface area contributed by atoms with E-state index in [9.17, 15) is 8.42 Å². The molecule has 1 heterocycles. The van der Waals surface area contributed by atoms with Crippen molar-refractivity contribution in [2.45, 2.75) is 30.3 Å². The second-order valence-corrected chi connectivity index (χ2v) is 10.2. The smallest absolute Gasteiger partial charge is 0.261 e. The molecule has 3 aromatic carbocycles. The highest BCUT2D eigenvalue weighted by atomic mass is 32.2. The fraction of sp³-hybridized carbons (Fsp3) is 0.308. The van der Waals surface area contributed by atoms with Crippen LogP contribution in [0.2, 0.25) is 0 Å². The van der Waals surface area contributed by atoms with Gasteiger partial charge < -0.3 is 4.74 Å². The first-order chi connectivity index (χ1) is 15.8. The second-order valence-electron chi connectivity index (χ2n) is 8.47. The molecule has 0 amide bonds. The van der Waals surface area contributed by atoms with Crippen molar-refractivity contribution in [3.05, 3.63) is 90.0 Å². The first kappa shape index (κ1) is 23.3. The molecule has 0 aromatic heterocycles. The Kier molecular flexibility index (Phi) is 7.00. The minimum Gasteiger partial charge on any atom is -0.492 e. The largest absolute Gasteiger partial charge is 0.492 e. The molecule has 1 fully saturated rings. The Balaban J connectivity index is 1.35. The van der Waals surface area contributed by atoms with Crippen LogP contribution >= 0.6 is 0 Å². The third-order valence-electron chi connectivity index (χ3n) is 6.03. The highest BCUT2D eigenvalue weighted by Gasteiger charge is 2.36. The second kappa shape index (κ2) is 9.93. The van der Waals surface area contributed by atoms with Gasteiger partial charge in [0.25, 0.3) is 10.0 Å². The van der Waals surface area contributed by atoms with Crippen molar-refractivity contribution in [1.29, 1.82) is 0 Å². The molecular formula is C26H29FN2O3S. The van der Waals surface area contributed by atoms with Crippen molar-refractivity contribution in [2.24, 2.45) is 0 Å². The van der Waals surface area contributed by atoms with Crippen molar-refractivity contribution < 1.29 is 17.5 Å². The Morgan fingerprint density at radius 1 is 0.970 bits per heavy atom. The maximum absolute atomic E-state index is 15.8. The number of aryl methyl sites for hydroxylation is 1. The van der Waals surface area contributed by atoms with Crippen LogP contribution < -0.4 is 9.46 Å². The summed E-state index contributed by atoms with van der Waals surface area (Å²) < 4.78 is 49.5. The zero-order valence-corrected chi connectivity index (χ0v) is 19.5. The number of ether oxygens (including phenoxy) is 1. The van der Waals surface area contributed by atoms with E-state index in [1.54, 1.807) is 48.5 Å². The van der Waals surface area contributed by atoms with E-state index >= 15 is 4.39 Å². The van der Waals surface area contributed by atoms with Crippen LogP contribution in [-0.2, 0) is 15.7 Å². The van der Waals surface area contributed by atoms with E-state index in [1.165, 1.54) is 0 Å². The Morgan fingerprint density at radius 2 is 1.67 bits per heavy atom. The Bertz CT molecular complexity index is 1160. The number of alkyl halides is 1. The van der Waals surface area contributed by atoms with Gasteiger partial charge in [0, 0.05) is 25.3 Å². The number of sulfonamides is 1. The van der Waals surface area contributed by atoms with Crippen molar-refractivity contribution in [1.82, 2.24) is 4.90 Å². The molecule has 0 bridgehead atoms. The number of piperidine rings is 1. The predicted molar refractivity (Wildman–Crippen MR) is 129 cm³/mol. The Labute approximate surface area is 195 Å². The summed E-state index contributed by atoms with van der Waals surface area (Å²) in [6.45, 7) is 4.43. The molecule has 0 radical (unpaired) electrons. The lowest BCUT2D eigenvalue weighted by Crippen LogP contribution is -2.41. The molecule has 5 nitrogen and oxygen atoms in total. The predicted octanol–water partition coefficient (Wildman–Crippen LogP) is 5.14. The average Bonchev–Trinajstić information content (AvgIpc) is 2.81. The molecule has 0 spiro atoms. The van der Waals surface area contributed by atoms with Crippen LogP contribution in [0, 0.1) is 6.92 Å². The van der Waals surface area contributed by atoms with Crippen LogP contribution in [0.4, 0.5) is 10.1 Å². The Hall–Kier alpha value is -2.90. The van der Waals surface area contributed by atoms with Crippen LogP contribution in [0.5, 0.6) is 5.75 Å². The minimum absolute atomic E-state index is 0.180. The number of nitrogens with one attached hydrogen (secondary N) is 1. The normalized spacial score (nSPS) is 16.3. The molecule has 174 valence electrons. The van der Waals surface area contributed by atoms with Crippen molar-refractivity contribution in [2.75, 3.05) is 31.0 Å². The van der Waals surface area contributed by atoms with Gasteiger partial charge in [-0.1, -0.05) is 48.0 Å². The summed E-state index contributed by atoms with van der Waals surface area (Å²) in [5.41, 5.74) is 0.367. The van der Waals surface area contributed by atoms with Gasteiger partial charge in [0.2, 0.25) is 0 Å². The van der Waals surface area contributed by atoms with E-state index < -0.39 is 15.7 Å². The minimum atomic E-state index is -3.73. The maximum Gasteiger partial charge on any atom is 0.261 e. The zero-order chi connectivity index (χ0) is 23.3. The summed E-state index contributed by atoms with van der Waals surface area (Å²) in [4.78, 5) is 2.38. The lowest BCUT2D eigenvalue weighted by molar-refractivity contribution is 0.0501. The molecule has 0 saturated carbocycles. The van der Waals surface area contributed by atoms with Gasteiger partial charge in [-0.3, -0.25) is 9.62 Å². The van der Waals surface area contributed by atoms with Crippen molar-refractivity contribution in [3.63, 3.8) is 0 Å². The molecular weight excluding hydrogens is 439 g/mol. The zero-order valence-electron chi connectivity index (χ0n) is 18.7. The molecule has 1 aliphatic rings. The van der Waals surface area contributed by atoms with E-state index in [-0.39, 0.29) is 4.90 Å². The van der Waals surface area contributed by atoms with E-state index in [0.29, 0.717) is 43.8 Å². The van der Waals surface area contributed by atoms with Gasteiger partial charge in [-0.25, -0.2) is 12.8 Å². The van der Waals surface area contributed by atoms with Crippen LogP contribution in [-0.4, -0.2) is 39.6 Å².